The Morgan fingerprint density at radius 3 is 2.78 bits per heavy atom. The predicted octanol–water partition coefficient (Wildman–Crippen LogP) is 4.16. The van der Waals surface area contributed by atoms with Crippen LogP contribution in [-0.4, -0.2) is 32.3 Å². The standard InChI is InChI=1S/C19H23N5O2S/c1-2-26-15-10-8-14(9-11-15)17-21-22-19-24(17)23-18(27-19)20-16(25)12-7-13-5-3-4-6-13/h8-11,13H,2-7,12H2,1H3,(H,20,23,25). The fourth-order valence-corrected chi connectivity index (χ4v) is 4.29. The molecule has 27 heavy (non-hydrogen) atoms. The second kappa shape index (κ2) is 8.04. The summed E-state index contributed by atoms with van der Waals surface area (Å²) in [4.78, 5) is 12.9. The normalized spacial score (nSPS) is 14.7. The van der Waals surface area contributed by atoms with Crippen molar-refractivity contribution in [2.24, 2.45) is 5.92 Å². The van der Waals surface area contributed by atoms with Crippen LogP contribution in [-0.2, 0) is 4.79 Å². The van der Waals surface area contributed by atoms with Gasteiger partial charge in [0.1, 0.15) is 5.75 Å². The molecular formula is C19H23N5O2S. The molecule has 3 aromatic rings. The van der Waals surface area contributed by atoms with Crippen molar-refractivity contribution in [1.29, 1.82) is 0 Å². The van der Waals surface area contributed by atoms with E-state index in [1.165, 1.54) is 37.0 Å². The van der Waals surface area contributed by atoms with Gasteiger partial charge in [-0.2, -0.15) is 4.52 Å². The molecule has 1 saturated carbocycles. The first-order valence-corrected chi connectivity index (χ1v) is 10.3. The summed E-state index contributed by atoms with van der Waals surface area (Å²) in [5, 5.41) is 16.3. The molecule has 4 rings (SSSR count). The third-order valence-corrected chi connectivity index (χ3v) is 5.73. The highest BCUT2D eigenvalue weighted by Gasteiger charge is 2.18. The maximum atomic E-state index is 12.2. The van der Waals surface area contributed by atoms with Crippen molar-refractivity contribution in [1.82, 2.24) is 19.8 Å². The van der Waals surface area contributed by atoms with Crippen LogP contribution in [0.5, 0.6) is 5.75 Å². The summed E-state index contributed by atoms with van der Waals surface area (Å²) >= 11 is 1.33. The van der Waals surface area contributed by atoms with E-state index in [0.717, 1.165) is 17.7 Å². The van der Waals surface area contributed by atoms with Crippen molar-refractivity contribution in [2.45, 2.75) is 45.4 Å². The van der Waals surface area contributed by atoms with Gasteiger partial charge in [0, 0.05) is 12.0 Å². The van der Waals surface area contributed by atoms with Gasteiger partial charge >= 0.3 is 0 Å². The highest BCUT2D eigenvalue weighted by molar-refractivity contribution is 7.20. The molecule has 0 unspecified atom stereocenters. The molecule has 0 aliphatic heterocycles. The Bertz CT molecular complexity index is 912. The molecule has 1 amide bonds. The van der Waals surface area contributed by atoms with Gasteiger partial charge < -0.3 is 10.1 Å². The molecule has 2 heterocycles. The number of carbonyl (C=O) groups is 1. The molecule has 142 valence electrons. The average Bonchev–Trinajstić information content (AvgIpc) is 3.38. The summed E-state index contributed by atoms with van der Waals surface area (Å²) in [6, 6.07) is 7.66. The number of nitrogens with one attached hydrogen (secondary N) is 1. The summed E-state index contributed by atoms with van der Waals surface area (Å²) in [6.45, 7) is 2.58. The fourth-order valence-electron chi connectivity index (χ4n) is 3.53. The van der Waals surface area contributed by atoms with Crippen molar-refractivity contribution in [3.63, 3.8) is 0 Å². The average molecular weight is 385 g/mol. The molecule has 1 aliphatic rings. The summed E-state index contributed by atoms with van der Waals surface area (Å²) in [5.41, 5.74) is 0.898. The molecular weight excluding hydrogens is 362 g/mol. The van der Waals surface area contributed by atoms with E-state index in [2.05, 4.69) is 20.6 Å². The Morgan fingerprint density at radius 1 is 1.26 bits per heavy atom. The number of carbonyl (C=O) groups excluding carboxylic acids is 1. The Morgan fingerprint density at radius 2 is 2.04 bits per heavy atom. The highest BCUT2D eigenvalue weighted by atomic mass is 32.1. The van der Waals surface area contributed by atoms with Gasteiger partial charge in [-0.05, 0) is 43.5 Å². The summed E-state index contributed by atoms with van der Waals surface area (Å²) < 4.78 is 7.14. The quantitative estimate of drug-likeness (QED) is 0.660. The van der Waals surface area contributed by atoms with Crippen LogP contribution in [0.25, 0.3) is 16.3 Å². The molecule has 0 atom stereocenters. The summed E-state index contributed by atoms with van der Waals surface area (Å²) in [5.74, 6) is 2.19. The van der Waals surface area contributed by atoms with Crippen molar-refractivity contribution in [2.75, 3.05) is 11.9 Å². The van der Waals surface area contributed by atoms with Crippen LogP contribution in [0.4, 0.5) is 5.13 Å². The van der Waals surface area contributed by atoms with Gasteiger partial charge in [0.15, 0.2) is 5.82 Å². The second-order valence-electron chi connectivity index (χ2n) is 6.82. The van der Waals surface area contributed by atoms with E-state index in [0.29, 0.717) is 34.9 Å². The lowest BCUT2D eigenvalue weighted by atomic mass is 10.0. The van der Waals surface area contributed by atoms with Crippen LogP contribution >= 0.6 is 11.3 Å². The van der Waals surface area contributed by atoms with Crippen LogP contribution in [0.1, 0.15) is 45.4 Å². The number of hydrogen-bond acceptors (Lipinski definition) is 6. The van der Waals surface area contributed by atoms with Gasteiger partial charge in [0.25, 0.3) is 0 Å². The first-order valence-electron chi connectivity index (χ1n) is 9.48. The van der Waals surface area contributed by atoms with Gasteiger partial charge in [-0.3, -0.25) is 4.79 Å². The van der Waals surface area contributed by atoms with E-state index in [4.69, 9.17) is 4.74 Å². The van der Waals surface area contributed by atoms with E-state index in [1.807, 2.05) is 31.2 Å². The van der Waals surface area contributed by atoms with Crippen molar-refractivity contribution in [3.8, 4) is 17.1 Å². The molecule has 0 saturated heterocycles. The lowest BCUT2D eigenvalue weighted by Gasteiger charge is -2.07. The zero-order chi connectivity index (χ0) is 18.6. The SMILES string of the molecule is CCOc1ccc(-c2nnc3sc(NC(=O)CCC4CCCC4)nn23)cc1. The summed E-state index contributed by atoms with van der Waals surface area (Å²) in [7, 11) is 0. The zero-order valence-electron chi connectivity index (χ0n) is 15.4. The molecule has 1 aromatic carbocycles. The number of ether oxygens (including phenoxy) is 1. The van der Waals surface area contributed by atoms with E-state index in [-0.39, 0.29) is 5.91 Å². The maximum absolute atomic E-state index is 12.2. The number of rotatable bonds is 7. The van der Waals surface area contributed by atoms with Gasteiger partial charge in [-0.25, -0.2) is 0 Å². The molecule has 2 aromatic heterocycles. The Labute approximate surface area is 161 Å². The van der Waals surface area contributed by atoms with Crippen molar-refractivity contribution >= 4 is 27.3 Å². The molecule has 7 nitrogen and oxygen atoms in total. The first kappa shape index (κ1) is 17.9. The van der Waals surface area contributed by atoms with Crippen LogP contribution < -0.4 is 10.1 Å². The smallest absolute Gasteiger partial charge is 0.236 e. The van der Waals surface area contributed by atoms with Gasteiger partial charge in [-0.1, -0.05) is 37.0 Å². The van der Waals surface area contributed by atoms with Gasteiger partial charge in [0.2, 0.25) is 16.0 Å². The number of nitrogens with zero attached hydrogens (tertiary/aromatic N) is 4. The number of amides is 1. The van der Waals surface area contributed by atoms with E-state index in [1.54, 1.807) is 4.52 Å². The lowest BCUT2D eigenvalue weighted by molar-refractivity contribution is -0.116. The van der Waals surface area contributed by atoms with Crippen LogP contribution in [0, 0.1) is 5.92 Å². The number of anilines is 1. The topological polar surface area (TPSA) is 81.4 Å². The predicted molar refractivity (Wildman–Crippen MR) is 105 cm³/mol. The van der Waals surface area contributed by atoms with Crippen LogP contribution in [0.15, 0.2) is 24.3 Å². The van der Waals surface area contributed by atoms with Gasteiger partial charge in [-0.15, -0.1) is 15.3 Å². The Kier molecular flexibility index (Phi) is 5.33. The second-order valence-corrected chi connectivity index (χ2v) is 7.78. The maximum Gasteiger partial charge on any atom is 0.236 e. The third kappa shape index (κ3) is 4.10. The van der Waals surface area contributed by atoms with Crippen molar-refractivity contribution < 1.29 is 9.53 Å². The van der Waals surface area contributed by atoms with E-state index in [9.17, 15) is 4.79 Å². The molecule has 0 radical (unpaired) electrons. The minimum Gasteiger partial charge on any atom is -0.494 e. The van der Waals surface area contributed by atoms with Crippen LogP contribution in [0.2, 0.25) is 0 Å². The first-order chi connectivity index (χ1) is 13.2. The Balaban J connectivity index is 1.44. The monoisotopic (exact) mass is 385 g/mol. The van der Waals surface area contributed by atoms with E-state index >= 15 is 0 Å². The fraction of sp³-hybridized carbons (Fsp3) is 0.474. The molecule has 1 fully saturated rings. The number of benzene rings is 1. The van der Waals surface area contributed by atoms with Crippen molar-refractivity contribution in [3.05, 3.63) is 24.3 Å². The molecule has 1 N–H and O–H groups in total. The van der Waals surface area contributed by atoms with Crippen LogP contribution in [0.3, 0.4) is 0 Å². The van der Waals surface area contributed by atoms with Gasteiger partial charge in [0.05, 0.1) is 6.61 Å². The highest BCUT2D eigenvalue weighted by Crippen LogP contribution is 2.29. The third-order valence-electron chi connectivity index (χ3n) is 4.92. The van der Waals surface area contributed by atoms with E-state index < -0.39 is 0 Å². The number of hydrogen-bond donors (Lipinski definition) is 1. The minimum absolute atomic E-state index is 0.0227. The molecule has 1 aliphatic carbocycles. The molecule has 8 heteroatoms. The Hall–Kier alpha value is -2.48. The molecule has 0 bridgehead atoms. The summed E-state index contributed by atoms with van der Waals surface area (Å²) in [6.07, 6.45) is 6.64. The number of fused-ring (bicyclic) bond motifs is 1. The molecule has 0 spiro atoms. The number of aromatic nitrogens is 4. The zero-order valence-corrected chi connectivity index (χ0v) is 16.2. The largest absolute Gasteiger partial charge is 0.494 e. The minimum atomic E-state index is 0.0227. The lowest BCUT2D eigenvalue weighted by Crippen LogP contribution is -2.12.